The van der Waals surface area contributed by atoms with Gasteiger partial charge < -0.3 is 10.2 Å². The van der Waals surface area contributed by atoms with Crippen LogP contribution in [0.1, 0.15) is 25.7 Å². The molecular weight excluding hydrogens is 261 g/mol. The molecule has 1 aromatic carbocycles. The van der Waals surface area contributed by atoms with E-state index in [4.69, 9.17) is 0 Å². The second-order valence-electron chi connectivity index (χ2n) is 5.54. The highest BCUT2D eigenvalue weighted by molar-refractivity contribution is 5.65. The molecule has 108 valence electrons. The quantitative estimate of drug-likeness (QED) is 0.664. The highest BCUT2D eigenvalue weighted by Crippen LogP contribution is 2.38. The fraction of sp³-hybridized carbons (Fsp3) is 0.571. The lowest BCUT2D eigenvalue weighted by atomic mass is 10.1. The number of nitrogens with one attached hydrogen (secondary N) is 1. The van der Waals surface area contributed by atoms with Gasteiger partial charge in [0.15, 0.2) is 0 Å². The van der Waals surface area contributed by atoms with Crippen molar-refractivity contribution in [2.45, 2.75) is 37.8 Å². The van der Waals surface area contributed by atoms with Crippen molar-refractivity contribution in [1.82, 2.24) is 5.32 Å². The molecule has 5 nitrogen and oxygen atoms in total. The van der Waals surface area contributed by atoms with E-state index in [9.17, 15) is 14.5 Å². The van der Waals surface area contributed by atoms with Crippen LogP contribution in [-0.4, -0.2) is 30.1 Å². The van der Waals surface area contributed by atoms with Gasteiger partial charge in [0.05, 0.1) is 4.92 Å². The second kappa shape index (κ2) is 5.36. The first-order chi connectivity index (χ1) is 9.66. The van der Waals surface area contributed by atoms with Gasteiger partial charge in [-0.05, 0) is 44.4 Å². The summed E-state index contributed by atoms with van der Waals surface area (Å²) in [5.74, 6) is -0.752. The monoisotopic (exact) mass is 279 g/mol. The Labute approximate surface area is 116 Å². The number of anilines is 1. The van der Waals surface area contributed by atoms with Crippen molar-refractivity contribution in [3.05, 3.63) is 34.1 Å². The molecule has 2 fully saturated rings. The number of para-hydroxylation sites is 1. The summed E-state index contributed by atoms with van der Waals surface area (Å²) in [6, 6.07) is 5.03. The van der Waals surface area contributed by atoms with Crippen LogP contribution in [0, 0.1) is 15.9 Å². The topological polar surface area (TPSA) is 58.4 Å². The molecular formula is C14H18FN3O2. The molecule has 3 rings (SSSR count). The minimum Gasteiger partial charge on any atom is -0.361 e. The number of rotatable bonds is 5. The number of nitro benzene ring substituents is 1. The molecule has 1 saturated heterocycles. The molecule has 1 saturated carbocycles. The number of benzene rings is 1. The summed E-state index contributed by atoms with van der Waals surface area (Å²) in [5.41, 5.74) is 0.0311. The van der Waals surface area contributed by atoms with Crippen molar-refractivity contribution in [3.63, 3.8) is 0 Å². The SMILES string of the molecule is O=[N+]([O-])c1c(F)cccc1N(CC1CCCN1)C1CC1. The summed E-state index contributed by atoms with van der Waals surface area (Å²) in [6.07, 6.45) is 4.27. The van der Waals surface area contributed by atoms with Crippen LogP contribution < -0.4 is 10.2 Å². The van der Waals surface area contributed by atoms with Crippen molar-refractivity contribution in [2.75, 3.05) is 18.0 Å². The van der Waals surface area contributed by atoms with Crippen LogP contribution in [-0.2, 0) is 0 Å². The predicted octanol–water partition coefficient (Wildman–Crippen LogP) is 2.45. The third-order valence-electron chi connectivity index (χ3n) is 4.02. The third-order valence-corrected chi connectivity index (χ3v) is 4.02. The van der Waals surface area contributed by atoms with Crippen LogP contribution in [0.4, 0.5) is 15.8 Å². The molecule has 1 N–H and O–H groups in total. The zero-order valence-electron chi connectivity index (χ0n) is 11.2. The molecule has 0 radical (unpaired) electrons. The lowest BCUT2D eigenvalue weighted by Gasteiger charge is -2.27. The molecule has 20 heavy (non-hydrogen) atoms. The van der Waals surface area contributed by atoms with Gasteiger partial charge in [-0.3, -0.25) is 10.1 Å². The number of hydrogen-bond donors (Lipinski definition) is 1. The average molecular weight is 279 g/mol. The number of hydrogen-bond acceptors (Lipinski definition) is 4. The lowest BCUT2D eigenvalue weighted by Crippen LogP contribution is -2.39. The zero-order chi connectivity index (χ0) is 14.1. The Balaban J connectivity index is 1.90. The maximum atomic E-state index is 13.8. The standard InChI is InChI=1S/C14H18FN3O2/c15-12-4-1-5-13(14(12)18(19)20)17(11-6-7-11)9-10-3-2-8-16-10/h1,4-5,10-11,16H,2-3,6-9H2. The molecule has 1 unspecified atom stereocenters. The van der Waals surface area contributed by atoms with Gasteiger partial charge in [0, 0.05) is 18.6 Å². The Morgan fingerprint density at radius 2 is 2.20 bits per heavy atom. The second-order valence-corrected chi connectivity index (χ2v) is 5.54. The molecule has 1 aliphatic carbocycles. The summed E-state index contributed by atoms with van der Waals surface area (Å²) in [4.78, 5) is 12.6. The van der Waals surface area contributed by atoms with E-state index >= 15 is 0 Å². The summed E-state index contributed by atoms with van der Waals surface area (Å²) < 4.78 is 13.8. The van der Waals surface area contributed by atoms with Crippen molar-refractivity contribution in [2.24, 2.45) is 0 Å². The predicted molar refractivity (Wildman–Crippen MR) is 74.4 cm³/mol. The summed E-state index contributed by atoms with van der Waals surface area (Å²) in [7, 11) is 0. The van der Waals surface area contributed by atoms with Gasteiger partial charge in [-0.15, -0.1) is 0 Å². The van der Waals surface area contributed by atoms with Crippen LogP contribution in [0.25, 0.3) is 0 Å². The highest BCUT2D eigenvalue weighted by atomic mass is 19.1. The molecule has 0 spiro atoms. The van der Waals surface area contributed by atoms with Gasteiger partial charge in [-0.1, -0.05) is 6.07 Å². The van der Waals surface area contributed by atoms with E-state index in [1.54, 1.807) is 12.1 Å². The van der Waals surface area contributed by atoms with Crippen molar-refractivity contribution >= 4 is 11.4 Å². The number of nitro groups is 1. The first-order valence-corrected chi connectivity index (χ1v) is 7.10. The van der Waals surface area contributed by atoms with Crippen molar-refractivity contribution < 1.29 is 9.31 Å². The molecule has 0 aromatic heterocycles. The molecule has 1 aromatic rings. The van der Waals surface area contributed by atoms with E-state index in [-0.39, 0.29) is 0 Å². The molecule has 0 amide bonds. The smallest absolute Gasteiger partial charge is 0.327 e. The Bertz CT molecular complexity index is 513. The first-order valence-electron chi connectivity index (χ1n) is 7.10. The Morgan fingerprint density at radius 1 is 1.40 bits per heavy atom. The molecule has 6 heteroatoms. The van der Waals surface area contributed by atoms with E-state index in [1.165, 1.54) is 0 Å². The van der Waals surface area contributed by atoms with Crippen LogP contribution in [0.5, 0.6) is 0 Å². The maximum absolute atomic E-state index is 13.8. The minimum absolute atomic E-state index is 0.317. The minimum atomic E-state index is -0.752. The van der Waals surface area contributed by atoms with E-state index in [0.717, 1.165) is 44.8 Å². The van der Waals surface area contributed by atoms with Crippen LogP contribution in [0.3, 0.4) is 0 Å². The van der Waals surface area contributed by atoms with Gasteiger partial charge >= 0.3 is 5.69 Å². The van der Waals surface area contributed by atoms with Gasteiger partial charge in [-0.2, -0.15) is 4.39 Å². The molecule has 0 bridgehead atoms. The molecule has 1 atom stereocenters. The summed E-state index contributed by atoms with van der Waals surface area (Å²) >= 11 is 0. The lowest BCUT2D eigenvalue weighted by molar-refractivity contribution is -0.386. The third kappa shape index (κ3) is 2.60. The molecule has 1 heterocycles. The van der Waals surface area contributed by atoms with Gasteiger partial charge in [0.1, 0.15) is 5.69 Å². The molecule has 2 aliphatic rings. The maximum Gasteiger partial charge on any atom is 0.327 e. The Kier molecular flexibility index (Phi) is 3.56. The normalized spacial score (nSPS) is 21.9. The van der Waals surface area contributed by atoms with Gasteiger partial charge in [0.2, 0.25) is 5.82 Å². The van der Waals surface area contributed by atoms with Gasteiger partial charge in [-0.25, -0.2) is 0 Å². The Morgan fingerprint density at radius 3 is 2.80 bits per heavy atom. The molecule has 1 aliphatic heterocycles. The summed E-state index contributed by atoms with van der Waals surface area (Å²) in [5, 5.41) is 14.5. The number of halogens is 1. The van der Waals surface area contributed by atoms with Crippen molar-refractivity contribution in [1.29, 1.82) is 0 Å². The zero-order valence-corrected chi connectivity index (χ0v) is 11.2. The van der Waals surface area contributed by atoms with E-state index in [0.29, 0.717) is 17.8 Å². The van der Waals surface area contributed by atoms with Crippen LogP contribution >= 0.6 is 0 Å². The largest absolute Gasteiger partial charge is 0.361 e. The number of nitrogens with zero attached hydrogens (tertiary/aromatic N) is 2. The van der Waals surface area contributed by atoms with E-state index in [1.807, 2.05) is 4.90 Å². The fourth-order valence-corrected chi connectivity index (χ4v) is 2.90. The van der Waals surface area contributed by atoms with Crippen LogP contribution in [0.15, 0.2) is 18.2 Å². The van der Waals surface area contributed by atoms with E-state index in [2.05, 4.69) is 5.32 Å². The van der Waals surface area contributed by atoms with E-state index < -0.39 is 16.4 Å². The first kappa shape index (κ1) is 13.3. The summed E-state index contributed by atoms with van der Waals surface area (Å²) in [6.45, 7) is 1.71. The van der Waals surface area contributed by atoms with Crippen molar-refractivity contribution in [3.8, 4) is 0 Å². The average Bonchev–Trinajstić information content (AvgIpc) is 3.12. The Hall–Kier alpha value is -1.69. The highest BCUT2D eigenvalue weighted by Gasteiger charge is 2.35. The van der Waals surface area contributed by atoms with Crippen LogP contribution in [0.2, 0.25) is 0 Å². The fourth-order valence-electron chi connectivity index (χ4n) is 2.90. The van der Waals surface area contributed by atoms with Gasteiger partial charge in [0.25, 0.3) is 0 Å².